The maximum absolute atomic E-state index is 4.93. The number of nitrogens with zero attached hydrogens (tertiary/aromatic N) is 1. The zero-order valence-electron chi connectivity index (χ0n) is 26.1. The molecule has 0 radical (unpaired) electrons. The molecule has 0 aliphatic heterocycles. The minimum Gasteiger partial charge on any atom is -0.247 e. The Balaban J connectivity index is 0.000000568. The molecule has 0 saturated carbocycles. The molecule has 1 atom stereocenters. The van der Waals surface area contributed by atoms with E-state index in [-0.39, 0.29) is 10.8 Å². The lowest BCUT2D eigenvalue weighted by Crippen LogP contribution is -2.05. The summed E-state index contributed by atoms with van der Waals surface area (Å²) in [4.78, 5) is 4.93. The van der Waals surface area contributed by atoms with Gasteiger partial charge in [-0.05, 0) is 73.0 Å². The number of hydrogen-bond acceptors (Lipinski definition) is 1. The molecule has 1 heterocycles. The Kier molecular flexibility index (Phi) is 12.1. The van der Waals surface area contributed by atoms with Gasteiger partial charge in [0.05, 0.1) is 11.0 Å². The predicted molar refractivity (Wildman–Crippen MR) is 183 cm³/mol. The number of allylic oxidation sites excluding steroid dienone is 8. The molecule has 208 valence electrons. The van der Waals surface area contributed by atoms with Gasteiger partial charge in [0.2, 0.25) is 0 Å². The predicted octanol–water partition coefficient (Wildman–Crippen LogP) is 11.4. The molecular formula is C36H49NP2. The van der Waals surface area contributed by atoms with E-state index in [2.05, 4.69) is 152 Å². The highest BCUT2D eigenvalue weighted by molar-refractivity contribution is 7.38. The van der Waals surface area contributed by atoms with Crippen LogP contribution in [0.25, 0.3) is 21.8 Å². The van der Waals surface area contributed by atoms with Crippen molar-refractivity contribution in [3.63, 3.8) is 0 Å². The standard InChI is InChI=1S/C28H39NP2.C8H10/c1-18(11-13-20(3)27(5,6)7)22-15-16-23(26-25(22)29-24(30)17-31-26)19(2)12-14-21(4)28(8,9)10;1-2-8-6-4-3-5-7-8/h11-17H,30H2,1-10H3;3-7H,2H2,1H3/b18-11+,19-12+,20-13+,21-14+;. The normalized spacial score (nSPS) is 14.1. The molecule has 39 heavy (non-hydrogen) atoms. The Morgan fingerprint density at radius 1 is 0.744 bits per heavy atom. The zero-order valence-corrected chi connectivity index (χ0v) is 28.2. The van der Waals surface area contributed by atoms with Gasteiger partial charge in [0.25, 0.3) is 0 Å². The summed E-state index contributed by atoms with van der Waals surface area (Å²) in [6.45, 7) is 24.5. The van der Waals surface area contributed by atoms with Gasteiger partial charge in [-0.15, -0.1) is 0 Å². The third kappa shape index (κ3) is 9.98. The molecule has 3 rings (SSSR count). The highest BCUT2D eigenvalue weighted by Gasteiger charge is 2.14. The molecule has 0 N–H and O–H groups in total. The molecule has 0 saturated heterocycles. The van der Waals surface area contributed by atoms with Crippen molar-refractivity contribution < 1.29 is 0 Å². The maximum atomic E-state index is 4.93. The fraction of sp³-hybridized carbons (Fsp3) is 0.389. The molecule has 0 aliphatic rings. The SMILES string of the molecule is C/C(=C\C=C(/C)C(C)(C)C)c1ccc(/C(C)=C/C=C(\C)C(C)(C)C)c2pcc(P)nc12.CCc1ccccc1. The Labute approximate surface area is 242 Å². The van der Waals surface area contributed by atoms with Gasteiger partial charge in [-0.2, -0.15) is 0 Å². The van der Waals surface area contributed by atoms with Crippen molar-refractivity contribution in [2.45, 2.75) is 82.6 Å². The molecule has 3 aromatic rings. The Morgan fingerprint density at radius 3 is 1.69 bits per heavy atom. The van der Waals surface area contributed by atoms with Gasteiger partial charge in [0, 0.05) is 10.7 Å². The monoisotopic (exact) mass is 557 g/mol. The third-order valence-corrected chi connectivity index (χ3v) is 9.03. The van der Waals surface area contributed by atoms with E-state index in [0.717, 1.165) is 17.4 Å². The van der Waals surface area contributed by atoms with Crippen LogP contribution in [0.15, 0.2) is 83.7 Å². The topological polar surface area (TPSA) is 12.9 Å². The third-order valence-electron chi connectivity index (χ3n) is 7.35. The summed E-state index contributed by atoms with van der Waals surface area (Å²) in [7, 11) is 3.96. The van der Waals surface area contributed by atoms with Gasteiger partial charge >= 0.3 is 0 Å². The average Bonchev–Trinajstić information content (AvgIpc) is 2.88. The number of hydrogen-bond donors (Lipinski definition) is 0. The summed E-state index contributed by atoms with van der Waals surface area (Å²) in [5.41, 5.74) is 11.7. The number of benzene rings is 2. The van der Waals surface area contributed by atoms with E-state index < -0.39 is 0 Å². The molecule has 2 aromatic carbocycles. The molecule has 3 heteroatoms. The lowest BCUT2D eigenvalue weighted by molar-refractivity contribution is 0.504. The molecule has 0 amide bonds. The zero-order chi connectivity index (χ0) is 29.4. The quantitative estimate of drug-likeness (QED) is 0.225. The van der Waals surface area contributed by atoms with Gasteiger partial charge in [0.15, 0.2) is 0 Å². The van der Waals surface area contributed by atoms with Gasteiger partial charge in [-0.25, -0.2) is 4.98 Å². The number of fused-ring (bicyclic) bond motifs is 1. The first kappa shape index (κ1) is 32.9. The maximum Gasteiger partial charge on any atom is 0.0836 e. The molecule has 0 spiro atoms. The van der Waals surface area contributed by atoms with Crippen LogP contribution in [0.2, 0.25) is 0 Å². The van der Waals surface area contributed by atoms with Crippen LogP contribution in [0.3, 0.4) is 0 Å². The lowest BCUT2D eigenvalue weighted by Gasteiger charge is -2.19. The van der Waals surface area contributed by atoms with Crippen LogP contribution in [-0.2, 0) is 6.42 Å². The van der Waals surface area contributed by atoms with Gasteiger partial charge < -0.3 is 0 Å². The molecule has 1 aromatic heterocycles. The van der Waals surface area contributed by atoms with Gasteiger partial charge in [-0.1, -0.05) is 144 Å². The van der Waals surface area contributed by atoms with E-state index in [4.69, 9.17) is 4.98 Å². The number of rotatable bonds is 5. The molecular weight excluding hydrogens is 508 g/mol. The van der Waals surface area contributed by atoms with Crippen molar-refractivity contribution in [1.82, 2.24) is 4.98 Å². The first-order valence-corrected chi connectivity index (χ1v) is 15.5. The van der Waals surface area contributed by atoms with E-state index in [1.807, 2.05) is 6.07 Å². The fourth-order valence-electron chi connectivity index (χ4n) is 3.64. The van der Waals surface area contributed by atoms with Crippen LogP contribution in [0.1, 0.15) is 92.9 Å². The van der Waals surface area contributed by atoms with Crippen LogP contribution in [0.5, 0.6) is 0 Å². The highest BCUT2D eigenvalue weighted by atomic mass is 31.0. The summed E-state index contributed by atoms with van der Waals surface area (Å²) in [6.07, 6.45) is 10.1. The van der Waals surface area contributed by atoms with Crippen molar-refractivity contribution in [2.75, 3.05) is 0 Å². The first-order chi connectivity index (χ1) is 18.1. The van der Waals surface area contributed by atoms with Gasteiger partial charge in [-0.3, -0.25) is 0 Å². The molecule has 0 aliphatic carbocycles. The molecule has 1 unspecified atom stereocenters. The average molecular weight is 558 g/mol. The van der Waals surface area contributed by atoms with Crippen molar-refractivity contribution in [1.29, 1.82) is 0 Å². The first-order valence-electron chi connectivity index (χ1n) is 14.0. The summed E-state index contributed by atoms with van der Waals surface area (Å²) >= 11 is 0. The van der Waals surface area contributed by atoms with E-state index in [1.54, 1.807) is 0 Å². The van der Waals surface area contributed by atoms with Crippen LogP contribution < -0.4 is 5.44 Å². The van der Waals surface area contributed by atoms with Crippen molar-refractivity contribution in [3.05, 3.63) is 100 Å². The smallest absolute Gasteiger partial charge is 0.0836 e. The second kappa shape index (κ2) is 14.3. The van der Waals surface area contributed by atoms with E-state index in [0.29, 0.717) is 0 Å². The van der Waals surface area contributed by atoms with Crippen molar-refractivity contribution in [3.8, 4) is 0 Å². The van der Waals surface area contributed by atoms with Crippen LogP contribution >= 0.6 is 17.4 Å². The minimum atomic E-state index is 0.180. The highest BCUT2D eigenvalue weighted by Crippen LogP contribution is 2.35. The van der Waals surface area contributed by atoms with E-state index in [9.17, 15) is 0 Å². The minimum absolute atomic E-state index is 0.180. The molecule has 0 fully saturated rings. The van der Waals surface area contributed by atoms with Gasteiger partial charge in [0.1, 0.15) is 0 Å². The summed E-state index contributed by atoms with van der Waals surface area (Å²) in [5.74, 6) is 2.17. The summed E-state index contributed by atoms with van der Waals surface area (Å²) in [5, 5.41) is 1.29. The molecule has 1 nitrogen and oxygen atoms in total. The Bertz CT molecular complexity index is 1380. The second-order valence-electron chi connectivity index (χ2n) is 12.4. The van der Waals surface area contributed by atoms with E-state index in [1.165, 1.54) is 52.3 Å². The number of aryl methyl sites for hydroxylation is 1. The lowest BCUT2D eigenvalue weighted by atomic mass is 9.87. The van der Waals surface area contributed by atoms with Crippen LogP contribution in [0, 0.1) is 10.8 Å². The summed E-state index contributed by atoms with van der Waals surface area (Å²) < 4.78 is 0. The summed E-state index contributed by atoms with van der Waals surface area (Å²) in [6, 6.07) is 15.0. The largest absolute Gasteiger partial charge is 0.247 e. The molecule has 0 bridgehead atoms. The van der Waals surface area contributed by atoms with E-state index >= 15 is 0 Å². The Hall–Kier alpha value is -2.33. The van der Waals surface area contributed by atoms with Crippen molar-refractivity contribution in [2.24, 2.45) is 10.8 Å². The second-order valence-corrected chi connectivity index (χ2v) is 13.9. The fourth-order valence-corrected chi connectivity index (χ4v) is 5.00. The van der Waals surface area contributed by atoms with Crippen molar-refractivity contribution >= 4 is 44.6 Å². The number of aromatic nitrogens is 1. The van der Waals surface area contributed by atoms with Crippen LogP contribution in [0.4, 0.5) is 0 Å². The Morgan fingerprint density at radius 2 is 1.23 bits per heavy atom. The van der Waals surface area contributed by atoms with Crippen LogP contribution in [-0.4, -0.2) is 4.98 Å².